The van der Waals surface area contributed by atoms with Crippen LogP contribution in [0, 0.1) is 0 Å². The normalized spacial score (nSPS) is 17.9. The fraction of sp³-hybridized carbons (Fsp3) is 0.217. The largest absolute Gasteiger partial charge is 0.507 e. The number of Topliss-reactive ketones (excluding diaryl/α,β-unsaturated/α-hetero) is 1. The average Bonchev–Trinajstić information content (AvgIpc) is 3.40. The highest BCUT2D eigenvalue weighted by Crippen LogP contribution is 2.40. The number of pyridine rings is 1. The van der Waals surface area contributed by atoms with E-state index < -0.39 is 0 Å². The number of piperazine rings is 1. The number of hydrogen-bond acceptors (Lipinski definition) is 7. The van der Waals surface area contributed by atoms with Crippen LogP contribution < -0.4 is 9.64 Å². The lowest BCUT2D eigenvalue weighted by Crippen LogP contribution is -2.46. The molecule has 1 fully saturated rings. The van der Waals surface area contributed by atoms with Gasteiger partial charge in [-0.2, -0.15) is 0 Å². The number of furan rings is 1. The zero-order chi connectivity index (χ0) is 20.5. The molecule has 0 spiro atoms. The van der Waals surface area contributed by atoms with E-state index in [1.807, 2.05) is 18.2 Å². The Morgan fingerprint density at radius 2 is 1.93 bits per heavy atom. The Kier molecular flexibility index (Phi) is 4.72. The molecule has 30 heavy (non-hydrogen) atoms. The van der Waals surface area contributed by atoms with Crippen LogP contribution in [-0.2, 0) is 6.54 Å². The molecule has 1 saturated heterocycles. The van der Waals surface area contributed by atoms with Gasteiger partial charge in [-0.15, -0.1) is 0 Å². The summed E-state index contributed by atoms with van der Waals surface area (Å²) in [4.78, 5) is 21.6. The number of nitrogens with zero attached hydrogens (tertiary/aromatic N) is 3. The molecular weight excluding hydrogens is 382 g/mol. The van der Waals surface area contributed by atoms with Crippen molar-refractivity contribution in [2.24, 2.45) is 0 Å². The lowest BCUT2D eigenvalue weighted by atomic mass is 10.0. The number of hydrogen-bond donors (Lipinski definition) is 1. The van der Waals surface area contributed by atoms with E-state index in [2.05, 4.69) is 14.8 Å². The average molecular weight is 403 g/mol. The first-order chi connectivity index (χ1) is 14.7. The van der Waals surface area contributed by atoms with Crippen molar-refractivity contribution in [3.05, 3.63) is 77.6 Å². The highest BCUT2D eigenvalue weighted by atomic mass is 16.5. The first kappa shape index (κ1) is 18.4. The molecule has 2 aromatic heterocycles. The highest BCUT2D eigenvalue weighted by molar-refractivity contribution is 6.14. The maximum Gasteiger partial charge on any atom is 0.232 e. The van der Waals surface area contributed by atoms with Crippen LogP contribution in [0.1, 0.15) is 21.7 Å². The summed E-state index contributed by atoms with van der Waals surface area (Å²) in [7, 11) is 0. The van der Waals surface area contributed by atoms with Crippen LogP contribution in [-0.4, -0.2) is 47.0 Å². The number of aromatic hydroxyl groups is 1. The van der Waals surface area contributed by atoms with E-state index in [4.69, 9.17) is 9.15 Å². The number of carbonyl (C=O) groups excluding carboxylic acids is 1. The number of fused-ring (bicyclic) bond motifs is 1. The van der Waals surface area contributed by atoms with Gasteiger partial charge in [0.15, 0.2) is 5.76 Å². The van der Waals surface area contributed by atoms with Gasteiger partial charge in [-0.1, -0.05) is 6.07 Å². The molecule has 0 unspecified atom stereocenters. The summed E-state index contributed by atoms with van der Waals surface area (Å²) in [5.41, 5.74) is 1.10. The molecule has 2 aliphatic rings. The summed E-state index contributed by atoms with van der Waals surface area (Å²) in [6.45, 7) is 3.84. The maximum atomic E-state index is 12.7. The van der Waals surface area contributed by atoms with Crippen molar-refractivity contribution in [3.63, 3.8) is 0 Å². The first-order valence-electron chi connectivity index (χ1n) is 9.90. The number of anilines is 1. The summed E-state index contributed by atoms with van der Waals surface area (Å²) in [6.07, 6.45) is 4.92. The van der Waals surface area contributed by atoms with E-state index in [0.717, 1.165) is 32.0 Å². The zero-order valence-corrected chi connectivity index (χ0v) is 16.3. The summed E-state index contributed by atoms with van der Waals surface area (Å²) in [6, 6.07) is 12.6. The smallest absolute Gasteiger partial charge is 0.232 e. The van der Waals surface area contributed by atoms with E-state index >= 15 is 0 Å². The van der Waals surface area contributed by atoms with E-state index in [1.54, 1.807) is 42.8 Å². The van der Waals surface area contributed by atoms with Gasteiger partial charge in [0.2, 0.25) is 5.78 Å². The highest BCUT2D eigenvalue weighted by Gasteiger charge is 2.32. The molecule has 5 rings (SSSR count). The van der Waals surface area contributed by atoms with E-state index in [9.17, 15) is 9.90 Å². The fourth-order valence-electron chi connectivity index (χ4n) is 3.85. The van der Waals surface area contributed by atoms with E-state index in [-0.39, 0.29) is 17.3 Å². The van der Waals surface area contributed by atoms with Crippen molar-refractivity contribution in [1.82, 2.24) is 9.88 Å². The molecule has 3 aromatic rings. The molecule has 152 valence electrons. The van der Waals surface area contributed by atoms with Gasteiger partial charge < -0.3 is 19.2 Å². The lowest BCUT2D eigenvalue weighted by Gasteiger charge is -2.35. The second-order valence-electron chi connectivity index (χ2n) is 7.35. The number of ether oxygens (including phenoxy) is 1. The van der Waals surface area contributed by atoms with Crippen LogP contribution in [0.5, 0.6) is 11.5 Å². The second kappa shape index (κ2) is 7.68. The number of carbonyl (C=O) groups is 1. The minimum Gasteiger partial charge on any atom is -0.507 e. The molecule has 7 nitrogen and oxygen atoms in total. The van der Waals surface area contributed by atoms with Crippen molar-refractivity contribution in [3.8, 4) is 11.5 Å². The Labute approximate surface area is 173 Å². The van der Waals surface area contributed by atoms with Crippen LogP contribution >= 0.6 is 0 Å². The van der Waals surface area contributed by atoms with Gasteiger partial charge in [0.25, 0.3) is 0 Å². The Hall–Kier alpha value is -3.58. The van der Waals surface area contributed by atoms with Crippen LogP contribution in [0.3, 0.4) is 0 Å². The molecular formula is C23H21N3O4. The molecule has 0 atom stereocenters. The lowest BCUT2D eigenvalue weighted by molar-refractivity contribution is 0.101. The third-order valence-electron chi connectivity index (χ3n) is 5.46. The van der Waals surface area contributed by atoms with Crippen molar-refractivity contribution >= 4 is 17.7 Å². The van der Waals surface area contributed by atoms with Crippen molar-refractivity contribution < 1.29 is 19.1 Å². The summed E-state index contributed by atoms with van der Waals surface area (Å²) in [5, 5.41) is 10.5. The predicted octanol–water partition coefficient (Wildman–Crippen LogP) is 3.32. The molecule has 7 heteroatoms. The van der Waals surface area contributed by atoms with Crippen LogP contribution in [0.4, 0.5) is 5.82 Å². The number of allylic oxidation sites excluding steroid dienone is 1. The Bertz CT molecular complexity index is 1090. The fourth-order valence-corrected chi connectivity index (χ4v) is 3.85. The first-order valence-corrected chi connectivity index (χ1v) is 9.90. The number of benzene rings is 1. The van der Waals surface area contributed by atoms with E-state index in [1.165, 1.54) is 0 Å². The summed E-state index contributed by atoms with van der Waals surface area (Å²) >= 11 is 0. The minimum absolute atomic E-state index is 0.132. The Morgan fingerprint density at radius 1 is 1.07 bits per heavy atom. The quantitative estimate of drug-likeness (QED) is 0.670. The maximum absolute atomic E-state index is 12.7. The zero-order valence-electron chi connectivity index (χ0n) is 16.3. The summed E-state index contributed by atoms with van der Waals surface area (Å²) in [5.74, 6) is 2.08. The third kappa shape index (κ3) is 3.44. The van der Waals surface area contributed by atoms with Gasteiger partial charge in [0.05, 0.1) is 17.4 Å². The van der Waals surface area contributed by atoms with Gasteiger partial charge in [-0.05, 0) is 36.4 Å². The molecule has 0 amide bonds. The number of aromatic nitrogens is 1. The number of phenols is 1. The SMILES string of the molecule is O=C1/C(=C/c2ccco2)Oc2c1ccc(O)c2CN1CCN(c2ccccn2)CC1. The predicted molar refractivity (Wildman–Crippen MR) is 111 cm³/mol. The number of ketones is 1. The Morgan fingerprint density at radius 3 is 2.67 bits per heavy atom. The minimum atomic E-state index is -0.206. The molecule has 1 aromatic carbocycles. The van der Waals surface area contributed by atoms with Gasteiger partial charge in [0, 0.05) is 45.0 Å². The van der Waals surface area contributed by atoms with Crippen molar-refractivity contribution in [2.75, 3.05) is 31.1 Å². The number of rotatable bonds is 4. The molecule has 1 N–H and O–H groups in total. The van der Waals surface area contributed by atoms with Gasteiger partial charge in [0.1, 0.15) is 23.1 Å². The molecule has 0 radical (unpaired) electrons. The summed E-state index contributed by atoms with van der Waals surface area (Å²) < 4.78 is 11.2. The van der Waals surface area contributed by atoms with Crippen LogP contribution in [0.25, 0.3) is 6.08 Å². The third-order valence-corrected chi connectivity index (χ3v) is 5.46. The molecule has 2 aliphatic heterocycles. The van der Waals surface area contributed by atoms with Crippen LogP contribution in [0.15, 0.2) is 65.1 Å². The molecule has 0 aliphatic carbocycles. The van der Waals surface area contributed by atoms with Gasteiger partial charge in [-0.3, -0.25) is 9.69 Å². The van der Waals surface area contributed by atoms with E-state index in [0.29, 0.717) is 29.2 Å². The Balaban J connectivity index is 1.33. The van der Waals surface area contributed by atoms with Crippen LogP contribution in [0.2, 0.25) is 0 Å². The topological polar surface area (TPSA) is 79.0 Å². The van der Waals surface area contributed by atoms with Gasteiger partial charge >= 0.3 is 0 Å². The molecule has 4 heterocycles. The van der Waals surface area contributed by atoms with Gasteiger partial charge in [-0.25, -0.2) is 4.98 Å². The molecule has 0 saturated carbocycles. The monoisotopic (exact) mass is 403 g/mol. The standard InChI is InChI=1S/C23H21N3O4/c27-19-7-6-17-22(28)20(14-16-4-3-13-29-16)30-23(17)18(19)15-25-9-11-26(12-10-25)21-5-1-2-8-24-21/h1-8,13-14,27H,9-12,15H2/b20-14-. The molecule has 0 bridgehead atoms. The van der Waals surface area contributed by atoms with Crippen molar-refractivity contribution in [2.45, 2.75) is 6.54 Å². The van der Waals surface area contributed by atoms with Crippen molar-refractivity contribution in [1.29, 1.82) is 0 Å². The second-order valence-corrected chi connectivity index (χ2v) is 7.35. The number of phenolic OH excluding ortho intramolecular Hbond substituents is 1.